The van der Waals surface area contributed by atoms with Gasteiger partial charge in [-0.15, -0.1) is 0 Å². The second-order valence-electron chi connectivity index (χ2n) is 8.91. The summed E-state index contributed by atoms with van der Waals surface area (Å²) in [5.41, 5.74) is 3.44. The largest absolute Gasteiger partial charge is 0.492 e. The van der Waals surface area contributed by atoms with Crippen LogP contribution >= 0.6 is 11.8 Å². The fraction of sp³-hybridized carbons (Fsp3) is 0.188. The Kier molecular flexibility index (Phi) is 10.0. The number of urea groups is 1. The van der Waals surface area contributed by atoms with E-state index in [1.807, 2.05) is 97.9 Å². The van der Waals surface area contributed by atoms with E-state index in [0.717, 1.165) is 33.9 Å². The van der Waals surface area contributed by atoms with Crippen LogP contribution in [-0.4, -0.2) is 30.3 Å². The van der Waals surface area contributed by atoms with Crippen LogP contribution in [0.4, 0.5) is 16.2 Å². The van der Waals surface area contributed by atoms with Gasteiger partial charge >= 0.3 is 12.0 Å². The van der Waals surface area contributed by atoms with Gasteiger partial charge in [-0.2, -0.15) is 0 Å². The molecular formula is C32H32N2O4S. The second-order valence-corrected chi connectivity index (χ2v) is 10.1. The summed E-state index contributed by atoms with van der Waals surface area (Å²) in [6, 6.07) is 32.9. The summed E-state index contributed by atoms with van der Waals surface area (Å²) < 4.78 is 5.70. The first-order valence-corrected chi connectivity index (χ1v) is 13.8. The standard InChI is InChI=1S/C32H32N2O4S/c1-2-38-30-13-7-6-12-29(30)33-32(37)34(22-8-11-24-9-4-3-5-10-24)26-16-20-28(21-17-26)39-27-18-14-25(15-19-27)23-31(35)36/h3-7,9-10,12-21H,2,8,11,22-23H2,1H3,(H,33,37)(H,35,36). The average molecular weight is 541 g/mol. The van der Waals surface area contributed by atoms with Gasteiger partial charge in [0.2, 0.25) is 0 Å². The van der Waals surface area contributed by atoms with E-state index in [9.17, 15) is 9.59 Å². The molecule has 0 unspecified atom stereocenters. The number of nitrogens with zero attached hydrogens (tertiary/aromatic N) is 1. The molecule has 200 valence electrons. The molecule has 4 aromatic rings. The van der Waals surface area contributed by atoms with Gasteiger partial charge in [-0.25, -0.2) is 4.79 Å². The van der Waals surface area contributed by atoms with E-state index in [-0.39, 0.29) is 12.5 Å². The Morgan fingerprint density at radius 3 is 2.13 bits per heavy atom. The van der Waals surface area contributed by atoms with E-state index in [4.69, 9.17) is 9.84 Å². The molecule has 0 aliphatic carbocycles. The minimum absolute atomic E-state index is 0.0108. The number of rotatable bonds is 12. The number of aliphatic carboxylic acids is 1. The zero-order chi connectivity index (χ0) is 27.5. The normalized spacial score (nSPS) is 10.6. The minimum Gasteiger partial charge on any atom is -0.492 e. The van der Waals surface area contributed by atoms with Crippen molar-refractivity contribution in [2.75, 3.05) is 23.4 Å². The molecule has 39 heavy (non-hydrogen) atoms. The summed E-state index contributed by atoms with van der Waals surface area (Å²) in [7, 11) is 0. The maximum absolute atomic E-state index is 13.5. The molecule has 4 rings (SSSR count). The number of amides is 2. The van der Waals surface area contributed by atoms with E-state index in [2.05, 4.69) is 17.4 Å². The van der Waals surface area contributed by atoms with Crippen molar-refractivity contribution < 1.29 is 19.4 Å². The Balaban J connectivity index is 1.48. The third-order valence-corrected chi connectivity index (χ3v) is 7.04. The lowest BCUT2D eigenvalue weighted by Crippen LogP contribution is -2.36. The Labute approximate surface area is 233 Å². The highest BCUT2D eigenvalue weighted by molar-refractivity contribution is 7.99. The highest BCUT2D eigenvalue weighted by Gasteiger charge is 2.18. The van der Waals surface area contributed by atoms with Crippen LogP contribution in [0.5, 0.6) is 5.75 Å². The summed E-state index contributed by atoms with van der Waals surface area (Å²) in [4.78, 5) is 28.2. The number of ether oxygens (including phenoxy) is 1. The SMILES string of the molecule is CCOc1ccccc1NC(=O)N(CCCc1ccccc1)c1ccc(Sc2ccc(CC(=O)O)cc2)cc1. The number of hydrogen-bond acceptors (Lipinski definition) is 4. The van der Waals surface area contributed by atoms with E-state index in [0.29, 0.717) is 24.6 Å². The molecule has 0 radical (unpaired) electrons. The number of hydrogen-bond donors (Lipinski definition) is 2. The lowest BCUT2D eigenvalue weighted by atomic mass is 10.1. The minimum atomic E-state index is -0.843. The quantitative estimate of drug-likeness (QED) is 0.194. The number of carbonyl (C=O) groups excluding carboxylic acids is 1. The monoisotopic (exact) mass is 540 g/mol. The van der Waals surface area contributed by atoms with Crippen LogP contribution < -0.4 is 15.0 Å². The van der Waals surface area contributed by atoms with Gasteiger partial charge in [0.05, 0.1) is 18.7 Å². The van der Waals surface area contributed by atoms with Crippen LogP contribution in [0.25, 0.3) is 0 Å². The lowest BCUT2D eigenvalue weighted by molar-refractivity contribution is -0.136. The zero-order valence-corrected chi connectivity index (χ0v) is 22.7. The van der Waals surface area contributed by atoms with E-state index in [1.54, 1.807) is 16.7 Å². The molecule has 0 fully saturated rings. The fourth-order valence-corrected chi connectivity index (χ4v) is 4.96. The van der Waals surface area contributed by atoms with Gasteiger partial charge in [-0.05, 0) is 79.4 Å². The number of carboxylic acid groups (broad SMARTS) is 1. The topological polar surface area (TPSA) is 78.9 Å². The molecule has 0 aliphatic rings. The van der Waals surface area contributed by atoms with E-state index < -0.39 is 5.97 Å². The lowest BCUT2D eigenvalue weighted by Gasteiger charge is -2.24. The number of anilines is 2. The van der Waals surface area contributed by atoms with Crippen LogP contribution in [0.2, 0.25) is 0 Å². The van der Waals surface area contributed by atoms with Gasteiger partial charge < -0.3 is 15.2 Å². The number of carboxylic acids is 1. The molecule has 0 bridgehead atoms. The molecule has 0 heterocycles. The van der Waals surface area contributed by atoms with Crippen molar-refractivity contribution >= 4 is 35.1 Å². The summed E-state index contributed by atoms with van der Waals surface area (Å²) in [5.74, 6) is -0.205. The number of nitrogens with one attached hydrogen (secondary N) is 1. The summed E-state index contributed by atoms with van der Waals surface area (Å²) in [6.45, 7) is 2.97. The molecule has 4 aromatic carbocycles. The Morgan fingerprint density at radius 1 is 0.821 bits per heavy atom. The molecule has 0 aliphatic heterocycles. The molecule has 2 N–H and O–H groups in total. The molecule has 0 saturated heterocycles. The van der Waals surface area contributed by atoms with Crippen LogP contribution in [0, 0.1) is 0 Å². The Bertz CT molecular complexity index is 1360. The molecule has 0 saturated carbocycles. The summed E-state index contributed by atoms with van der Waals surface area (Å²) >= 11 is 1.59. The van der Waals surface area contributed by atoms with Crippen LogP contribution in [0.1, 0.15) is 24.5 Å². The first-order chi connectivity index (χ1) is 19.0. The highest BCUT2D eigenvalue weighted by atomic mass is 32.2. The molecule has 6 nitrogen and oxygen atoms in total. The maximum atomic E-state index is 13.5. The number of para-hydroxylation sites is 2. The van der Waals surface area contributed by atoms with Crippen molar-refractivity contribution in [3.05, 3.63) is 114 Å². The van der Waals surface area contributed by atoms with E-state index in [1.165, 1.54) is 5.56 Å². The molecule has 2 amide bonds. The van der Waals surface area contributed by atoms with Crippen LogP contribution in [0.3, 0.4) is 0 Å². The highest BCUT2D eigenvalue weighted by Crippen LogP contribution is 2.30. The first kappa shape index (κ1) is 27.8. The predicted molar refractivity (Wildman–Crippen MR) is 157 cm³/mol. The number of benzene rings is 4. The predicted octanol–water partition coefficient (Wildman–Crippen LogP) is 7.53. The first-order valence-electron chi connectivity index (χ1n) is 12.9. The van der Waals surface area contributed by atoms with Gasteiger partial charge in [0, 0.05) is 22.0 Å². The van der Waals surface area contributed by atoms with E-state index >= 15 is 0 Å². The van der Waals surface area contributed by atoms with Crippen molar-refractivity contribution in [3.8, 4) is 5.75 Å². The average Bonchev–Trinajstić information content (AvgIpc) is 2.94. The van der Waals surface area contributed by atoms with Crippen LogP contribution in [0.15, 0.2) is 113 Å². The number of carbonyl (C=O) groups is 2. The van der Waals surface area contributed by atoms with Gasteiger partial charge in [0.25, 0.3) is 0 Å². The third-order valence-electron chi connectivity index (χ3n) is 6.03. The smallest absolute Gasteiger partial charge is 0.326 e. The van der Waals surface area contributed by atoms with Crippen LogP contribution in [-0.2, 0) is 17.6 Å². The van der Waals surface area contributed by atoms with Gasteiger partial charge in [0.1, 0.15) is 5.75 Å². The van der Waals surface area contributed by atoms with Crippen molar-refractivity contribution in [2.45, 2.75) is 36.0 Å². The zero-order valence-electron chi connectivity index (χ0n) is 21.9. The second kappa shape index (κ2) is 14.1. The Hall–Kier alpha value is -4.23. The van der Waals surface area contributed by atoms with Crippen molar-refractivity contribution in [1.29, 1.82) is 0 Å². The molecule has 7 heteroatoms. The molecule has 0 spiro atoms. The van der Waals surface area contributed by atoms with Crippen molar-refractivity contribution in [1.82, 2.24) is 0 Å². The number of aryl methyl sites for hydroxylation is 1. The van der Waals surface area contributed by atoms with Gasteiger partial charge in [-0.1, -0.05) is 66.4 Å². The molecular weight excluding hydrogens is 508 g/mol. The van der Waals surface area contributed by atoms with Crippen molar-refractivity contribution in [3.63, 3.8) is 0 Å². The summed E-state index contributed by atoms with van der Waals surface area (Å²) in [5, 5.41) is 12.0. The summed E-state index contributed by atoms with van der Waals surface area (Å²) in [6.07, 6.45) is 1.69. The van der Waals surface area contributed by atoms with Gasteiger partial charge in [0.15, 0.2) is 0 Å². The molecule has 0 aromatic heterocycles. The molecule has 0 atom stereocenters. The maximum Gasteiger partial charge on any atom is 0.326 e. The van der Waals surface area contributed by atoms with Crippen molar-refractivity contribution in [2.24, 2.45) is 0 Å². The third kappa shape index (κ3) is 8.38. The fourth-order valence-electron chi connectivity index (χ4n) is 4.15. The van der Waals surface area contributed by atoms with Gasteiger partial charge in [-0.3, -0.25) is 9.69 Å². The Morgan fingerprint density at radius 2 is 1.46 bits per heavy atom.